The lowest BCUT2D eigenvalue weighted by Gasteiger charge is -1.94. The molecule has 0 saturated carbocycles. The number of rotatable bonds is 3. The van der Waals surface area contributed by atoms with E-state index in [1.807, 2.05) is 0 Å². The van der Waals surface area contributed by atoms with Crippen LogP contribution >= 0.6 is 11.6 Å². The molecule has 8 heavy (non-hydrogen) atoms. The van der Waals surface area contributed by atoms with Gasteiger partial charge in [0.15, 0.2) is 0 Å². The molecule has 0 aromatic rings. The summed E-state index contributed by atoms with van der Waals surface area (Å²) in [6.07, 6.45) is 1.29. The average Bonchev–Trinajstić information content (AvgIpc) is 2.48. The Labute approximate surface area is 55.6 Å². The molecule has 2 unspecified atom stereocenters. The molecule has 1 aliphatic rings. The van der Waals surface area contributed by atoms with Crippen molar-refractivity contribution in [3.05, 3.63) is 0 Å². The summed E-state index contributed by atoms with van der Waals surface area (Å²) in [5.41, 5.74) is 0. The van der Waals surface area contributed by atoms with Crippen LogP contribution in [0.2, 0.25) is 0 Å². The van der Waals surface area contributed by atoms with Crippen LogP contribution in [-0.2, 0) is 0 Å². The summed E-state index contributed by atoms with van der Waals surface area (Å²) < 4.78 is 0. The van der Waals surface area contributed by atoms with Crippen LogP contribution in [0.25, 0.3) is 0 Å². The Morgan fingerprint density at radius 1 is 1.75 bits per heavy atom. The van der Waals surface area contributed by atoms with Gasteiger partial charge in [-0.2, -0.15) is 0 Å². The normalized spacial score (nSPS) is 35.2. The number of halogens is 1. The van der Waals surface area contributed by atoms with Gasteiger partial charge in [-0.15, -0.1) is 11.6 Å². The third-order valence-corrected chi connectivity index (χ3v) is 1.84. The highest BCUT2D eigenvalue weighted by Crippen LogP contribution is 2.18. The fraction of sp³-hybridized carbons (Fsp3) is 1.00. The molecule has 0 aliphatic carbocycles. The highest BCUT2D eigenvalue weighted by Gasteiger charge is 2.30. The maximum Gasteiger partial charge on any atom is 0.0351 e. The van der Waals surface area contributed by atoms with Crippen molar-refractivity contribution in [3.63, 3.8) is 0 Å². The molecule has 0 aromatic carbocycles. The average molecular weight is 134 g/mol. The van der Waals surface area contributed by atoms with Crippen LogP contribution in [0.1, 0.15) is 13.3 Å². The van der Waals surface area contributed by atoms with Gasteiger partial charge < -0.3 is 0 Å². The molecule has 0 amide bonds. The summed E-state index contributed by atoms with van der Waals surface area (Å²) in [6.45, 7) is 4.59. The van der Waals surface area contributed by atoms with Gasteiger partial charge in [0, 0.05) is 25.0 Å². The molecule has 1 rings (SSSR count). The maximum atomic E-state index is 5.52. The second kappa shape index (κ2) is 2.70. The molecule has 1 heterocycles. The Hall–Kier alpha value is 0.250. The minimum atomic E-state index is 0.788. The van der Waals surface area contributed by atoms with Crippen molar-refractivity contribution in [2.45, 2.75) is 19.4 Å². The fourth-order valence-corrected chi connectivity index (χ4v) is 1.21. The summed E-state index contributed by atoms with van der Waals surface area (Å²) in [5, 5.41) is 0. The van der Waals surface area contributed by atoms with Crippen LogP contribution in [0, 0.1) is 0 Å². The molecule has 2 atom stereocenters. The van der Waals surface area contributed by atoms with E-state index in [4.69, 9.17) is 11.6 Å². The van der Waals surface area contributed by atoms with E-state index in [-0.39, 0.29) is 0 Å². The van der Waals surface area contributed by atoms with Gasteiger partial charge in [0.25, 0.3) is 0 Å². The number of alkyl halides is 1. The van der Waals surface area contributed by atoms with Crippen LogP contribution in [0.3, 0.4) is 0 Å². The molecule has 1 aliphatic heterocycles. The number of hydrogen-bond donors (Lipinski definition) is 0. The number of nitrogens with zero attached hydrogens (tertiary/aromatic N) is 1. The summed E-state index contributed by atoms with van der Waals surface area (Å²) in [6, 6.07) is 0.869. The zero-order chi connectivity index (χ0) is 5.98. The van der Waals surface area contributed by atoms with Crippen molar-refractivity contribution in [3.8, 4) is 0 Å². The lowest BCUT2D eigenvalue weighted by molar-refractivity contribution is 0.530. The first-order valence-corrected chi connectivity index (χ1v) is 3.72. The summed E-state index contributed by atoms with van der Waals surface area (Å²) in [5.74, 6) is 0.788. The van der Waals surface area contributed by atoms with Gasteiger partial charge in [0.05, 0.1) is 0 Å². The molecule has 0 bridgehead atoms. The second-order valence-corrected chi connectivity index (χ2v) is 2.62. The lowest BCUT2D eigenvalue weighted by Crippen LogP contribution is -2.03. The molecule has 0 radical (unpaired) electrons. The maximum absolute atomic E-state index is 5.52. The molecule has 48 valence electrons. The summed E-state index contributed by atoms with van der Waals surface area (Å²) in [7, 11) is 0. The second-order valence-electron chi connectivity index (χ2n) is 2.25. The standard InChI is InChI=1S/C6H12ClN/c1-2-6-5-8(6)4-3-7/h6H,2-5H2,1H3. The Bertz CT molecular complexity index is 74.9. The summed E-state index contributed by atoms with van der Waals surface area (Å²) in [4.78, 5) is 2.40. The number of hydrogen-bond acceptors (Lipinski definition) is 1. The van der Waals surface area contributed by atoms with E-state index in [1.54, 1.807) is 0 Å². The Morgan fingerprint density at radius 3 is 2.88 bits per heavy atom. The molecular formula is C6H12ClN. The molecule has 2 heteroatoms. The quantitative estimate of drug-likeness (QED) is 0.415. The first kappa shape index (κ1) is 6.37. The van der Waals surface area contributed by atoms with Crippen LogP contribution in [0.15, 0.2) is 0 Å². The van der Waals surface area contributed by atoms with Gasteiger partial charge in [-0.3, -0.25) is 4.90 Å². The monoisotopic (exact) mass is 133 g/mol. The summed E-state index contributed by atoms with van der Waals surface area (Å²) >= 11 is 5.52. The van der Waals surface area contributed by atoms with Gasteiger partial charge in [-0.1, -0.05) is 6.92 Å². The largest absolute Gasteiger partial charge is 0.296 e. The van der Waals surface area contributed by atoms with Crippen molar-refractivity contribution < 1.29 is 0 Å². The van der Waals surface area contributed by atoms with E-state index in [9.17, 15) is 0 Å². The van der Waals surface area contributed by atoms with E-state index in [1.165, 1.54) is 13.0 Å². The zero-order valence-corrected chi connectivity index (χ0v) is 5.99. The minimum Gasteiger partial charge on any atom is -0.296 e. The van der Waals surface area contributed by atoms with Crippen molar-refractivity contribution in [2.24, 2.45) is 0 Å². The van der Waals surface area contributed by atoms with Crippen molar-refractivity contribution in [1.29, 1.82) is 0 Å². The van der Waals surface area contributed by atoms with E-state index in [0.717, 1.165) is 18.5 Å². The Morgan fingerprint density at radius 2 is 2.50 bits per heavy atom. The lowest BCUT2D eigenvalue weighted by atomic mass is 10.4. The first-order valence-electron chi connectivity index (χ1n) is 3.18. The van der Waals surface area contributed by atoms with Gasteiger partial charge in [0.1, 0.15) is 0 Å². The third-order valence-electron chi connectivity index (χ3n) is 1.67. The molecule has 1 fully saturated rings. The third kappa shape index (κ3) is 1.36. The smallest absolute Gasteiger partial charge is 0.0351 e. The van der Waals surface area contributed by atoms with Gasteiger partial charge in [0.2, 0.25) is 0 Å². The predicted molar refractivity (Wildman–Crippen MR) is 36.4 cm³/mol. The SMILES string of the molecule is CCC1CN1CCCl. The van der Waals surface area contributed by atoms with Crippen LogP contribution in [0.4, 0.5) is 0 Å². The van der Waals surface area contributed by atoms with Crippen molar-refractivity contribution in [1.82, 2.24) is 4.90 Å². The predicted octanol–water partition coefficient (Wildman–Crippen LogP) is 1.32. The van der Waals surface area contributed by atoms with Crippen molar-refractivity contribution in [2.75, 3.05) is 19.0 Å². The highest BCUT2D eigenvalue weighted by atomic mass is 35.5. The zero-order valence-electron chi connectivity index (χ0n) is 5.23. The minimum absolute atomic E-state index is 0.788. The molecular weight excluding hydrogens is 122 g/mol. The molecule has 0 N–H and O–H groups in total. The molecule has 0 spiro atoms. The fourth-order valence-electron chi connectivity index (χ4n) is 0.993. The van der Waals surface area contributed by atoms with E-state index >= 15 is 0 Å². The van der Waals surface area contributed by atoms with Gasteiger partial charge >= 0.3 is 0 Å². The van der Waals surface area contributed by atoms with Crippen molar-refractivity contribution >= 4 is 11.6 Å². The molecule has 1 nitrogen and oxygen atoms in total. The topological polar surface area (TPSA) is 3.01 Å². The van der Waals surface area contributed by atoms with E-state index in [0.29, 0.717) is 0 Å². The van der Waals surface area contributed by atoms with Crippen LogP contribution in [-0.4, -0.2) is 29.9 Å². The van der Waals surface area contributed by atoms with Crippen LogP contribution in [0.5, 0.6) is 0 Å². The first-order chi connectivity index (χ1) is 3.88. The highest BCUT2D eigenvalue weighted by molar-refractivity contribution is 6.18. The van der Waals surface area contributed by atoms with Gasteiger partial charge in [-0.05, 0) is 6.42 Å². The Kier molecular flexibility index (Phi) is 2.15. The van der Waals surface area contributed by atoms with E-state index in [2.05, 4.69) is 11.8 Å². The van der Waals surface area contributed by atoms with Gasteiger partial charge in [-0.25, -0.2) is 0 Å². The van der Waals surface area contributed by atoms with Crippen LogP contribution < -0.4 is 0 Å². The van der Waals surface area contributed by atoms with E-state index < -0.39 is 0 Å². The molecule has 1 saturated heterocycles. The molecule has 0 aromatic heterocycles. The Balaban J connectivity index is 1.99.